The summed E-state index contributed by atoms with van der Waals surface area (Å²) in [6.45, 7) is 0. The molecule has 0 radical (unpaired) electrons. The third kappa shape index (κ3) is 1.49. The van der Waals surface area contributed by atoms with Gasteiger partial charge < -0.3 is 4.98 Å². The first-order valence-corrected chi connectivity index (χ1v) is 8.24. The molecule has 0 atom stereocenters. The van der Waals surface area contributed by atoms with Crippen LogP contribution in [0.1, 0.15) is 44.3 Å². The number of hydrogen-bond acceptors (Lipinski definition) is 1. The summed E-state index contributed by atoms with van der Waals surface area (Å²) in [5, 5.41) is 0.773. The molecule has 1 N–H and O–H groups in total. The maximum absolute atomic E-state index is 6.30. The maximum atomic E-state index is 6.30. The van der Waals surface area contributed by atoms with Crippen molar-refractivity contribution >= 4 is 22.6 Å². The zero-order chi connectivity index (χ0) is 13.3. The molecule has 4 bridgehead atoms. The molecule has 0 saturated heterocycles. The van der Waals surface area contributed by atoms with Crippen molar-refractivity contribution in [3.63, 3.8) is 0 Å². The molecule has 104 valence electrons. The molecule has 1 aromatic carbocycles. The lowest BCUT2D eigenvalue weighted by atomic mass is 9.49. The predicted octanol–water partition coefficient (Wildman–Crippen LogP) is 4.68. The number of hydrogen-bond donors (Lipinski definition) is 1. The van der Waals surface area contributed by atoms with E-state index in [1.165, 1.54) is 44.3 Å². The third-order valence-electron chi connectivity index (χ3n) is 6.00. The Labute approximate surface area is 123 Å². The van der Waals surface area contributed by atoms with Crippen molar-refractivity contribution in [2.45, 2.75) is 43.9 Å². The molecule has 3 heteroatoms. The highest BCUT2D eigenvalue weighted by Crippen LogP contribution is 2.60. The second kappa shape index (κ2) is 3.79. The summed E-state index contributed by atoms with van der Waals surface area (Å²) in [6, 6.07) is 6.04. The zero-order valence-electron chi connectivity index (χ0n) is 11.5. The van der Waals surface area contributed by atoms with E-state index in [2.05, 4.69) is 11.1 Å². The van der Waals surface area contributed by atoms with Gasteiger partial charge in [-0.2, -0.15) is 0 Å². The summed E-state index contributed by atoms with van der Waals surface area (Å²) in [6.07, 6.45) is 8.45. The number of fused-ring (bicyclic) bond motifs is 1. The Balaban J connectivity index is 1.65. The van der Waals surface area contributed by atoms with Gasteiger partial charge >= 0.3 is 0 Å². The number of rotatable bonds is 1. The van der Waals surface area contributed by atoms with Crippen molar-refractivity contribution in [2.75, 3.05) is 0 Å². The molecule has 0 amide bonds. The summed E-state index contributed by atoms with van der Waals surface area (Å²) < 4.78 is 0. The van der Waals surface area contributed by atoms with E-state index in [9.17, 15) is 0 Å². The molecular formula is C17H19ClN2. The van der Waals surface area contributed by atoms with E-state index in [1.807, 2.05) is 12.1 Å². The van der Waals surface area contributed by atoms with E-state index in [0.717, 1.165) is 33.8 Å². The fourth-order valence-electron chi connectivity index (χ4n) is 5.65. The van der Waals surface area contributed by atoms with Crippen LogP contribution in [0, 0.1) is 17.8 Å². The fraction of sp³-hybridized carbons (Fsp3) is 0.588. The minimum Gasteiger partial charge on any atom is -0.341 e. The molecule has 0 unspecified atom stereocenters. The largest absolute Gasteiger partial charge is 0.341 e. The van der Waals surface area contributed by atoms with E-state index >= 15 is 0 Å². The Hall–Kier alpha value is -1.02. The van der Waals surface area contributed by atoms with Gasteiger partial charge in [0.05, 0.1) is 10.5 Å². The number of nitrogens with zero attached hydrogens (tertiary/aromatic N) is 1. The number of H-pyrrole nitrogens is 1. The van der Waals surface area contributed by atoms with Crippen LogP contribution >= 0.6 is 11.6 Å². The van der Waals surface area contributed by atoms with Crippen LogP contribution in [0.4, 0.5) is 0 Å². The van der Waals surface area contributed by atoms with E-state index < -0.39 is 0 Å². The van der Waals surface area contributed by atoms with Gasteiger partial charge in [-0.1, -0.05) is 17.7 Å². The lowest BCUT2D eigenvalue weighted by molar-refractivity contribution is -0.00886. The van der Waals surface area contributed by atoms with Crippen LogP contribution in [0.15, 0.2) is 18.2 Å². The highest BCUT2D eigenvalue weighted by atomic mass is 35.5. The molecule has 20 heavy (non-hydrogen) atoms. The van der Waals surface area contributed by atoms with Crippen LogP contribution in [0.5, 0.6) is 0 Å². The number of aromatic nitrogens is 2. The first-order valence-electron chi connectivity index (χ1n) is 7.87. The molecular weight excluding hydrogens is 268 g/mol. The van der Waals surface area contributed by atoms with E-state index in [4.69, 9.17) is 16.6 Å². The molecule has 4 saturated carbocycles. The Kier molecular flexibility index (Phi) is 2.20. The number of imidazole rings is 1. The van der Waals surface area contributed by atoms with Crippen LogP contribution in [0.25, 0.3) is 11.0 Å². The molecule has 2 nitrogen and oxygen atoms in total. The molecule has 0 spiro atoms. The van der Waals surface area contributed by atoms with Crippen LogP contribution < -0.4 is 0 Å². The van der Waals surface area contributed by atoms with Crippen LogP contribution in [0.3, 0.4) is 0 Å². The molecule has 0 aliphatic heterocycles. The first kappa shape index (κ1) is 11.6. The molecule has 2 aromatic rings. The summed E-state index contributed by atoms with van der Waals surface area (Å²) in [7, 11) is 0. The standard InChI is InChI=1S/C17H19ClN2/c18-13-2-1-3-14-15(13)20-16(19-14)17-7-10-4-11(8-17)6-12(5-10)9-17/h1-3,10-12H,4-9H2,(H,19,20). The van der Waals surface area contributed by atoms with Crippen LogP contribution in [-0.2, 0) is 5.41 Å². The highest BCUT2D eigenvalue weighted by molar-refractivity contribution is 6.34. The summed E-state index contributed by atoms with van der Waals surface area (Å²) in [5.74, 6) is 4.07. The fourth-order valence-corrected chi connectivity index (χ4v) is 5.87. The van der Waals surface area contributed by atoms with E-state index in [0.29, 0.717) is 5.41 Å². The van der Waals surface area contributed by atoms with Gasteiger partial charge in [-0.25, -0.2) is 4.98 Å². The van der Waals surface area contributed by atoms with Gasteiger partial charge in [-0.05, 0) is 68.4 Å². The Morgan fingerprint density at radius 1 is 1.05 bits per heavy atom. The molecule has 6 rings (SSSR count). The molecule has 4 aliphatic rings. The monoisotopic (exact) mass is 286 g/mol. The van der Waals surface area contributed by atoms with Gasteiger partial charge in [0.1, 0.15) is 11.3 Å². The summed E-state index contributed by atoms with van der Waals surface area (Å²) in [5.41, 5.74) is 2.39. The van der Waals surface area contributed by atoms with Gasteiger partial charge in [0.2, 0.25) is 0 Å². The van der Waals surface area contributed by atoms with Crippen molar-refractivity contribution in [2.24, 2.45) is 17.8 Å². The number of para-hydroxylation sites is 1. The van der Waals surface area contributed by atoms with E-state index in [1.54, 1.807) is 0 Å². The molecule has 4 aliphatic carbocycles. The van der Waals surface area contributed by atoms with Crippen molar-refractivity contribution in [1.29, 1.82) is 0 Å². The normalized spacial score (nSPS) is 38.8. The lowest BCUT2D eigenvalue weighted by Gasteiger charge is -2.55. The predicted molar refractivity (Wildman–Crippen MR) is 81.0 cm³/mol. The SMILES string of the molecule is Clc1cccc2[nH]c(C34CC5CC(CC(C5)C3)C4)nc12. The minimum atomic E-state index is 0.330. The minimum absolute atomic E-state index is 0.330. The van der Waals surface area contributed by atoms with Gasteiger partial charge in [-0.3, -0.25) is 0 Å². The van der Waals surface area contributed by atoms with Crippen molar-refractivity contribution in [3.05, 3.63) is 29.0 Å². The van der Waals surface area contributed by atoms with Gasteiger partial charge in [0.15, 0.2) is 0 Å². The smallest absolute Gasteiger partial charge is 0.113 e. The molecule has 1 heterocycles. The summed E-state index contributed by atoms with van der Waals surface area (Å²) in [4.78, 5) is 8.51. The van der Waals surface area contributed by atoms with Gasteiger partial charge in [-0.15, -0.1) is 0 Å². The molecule has 4 fully saturated rings. The number of halogens is 1. The van der Waals surface area contributed by atoms with Crippen LogP contribution in [0.2, 0.25) is 5.02 Å². The van der Waals surface area contributed by atoms with Crippen molar-refractivity contribution in [3.8, 4) is 0 Å². The van der Waals surface area contributed by atoms with Crippen molar-refractivity contribution in [1.82, 2.24) is 9.97 Å². The quantitative estimate of drug-likeness (QED) is 0.810. The third-order valence-corrected chi connectivity index (χ3v) is 6.31. The molecule has 1 aromatic heterocycles. The number of nitrogens with one attached hydrogen (secondary N) is 1. The average molecular weight is 287 g/mol. The van der Waals surface area contributed by atoms with Gasteiger partial charge in [0.25, 0.3) is 0 Å². The summed E-state index contributed by atoms with van der Waals surface area (Å²) >= 11 is 6.30. The van der Waals surface area contributed by atoms with E-state index in [-0.39, 0.29) is 0 Å². The second-order valence-corrected chi connectivity index (χ2v) is 7.83. The van der Waals surface area contributed by atoms with Gasteiger partial charge in [0, 0.05) is 5.41 Å². The Bertz CT molecular complexity index is 652. The number of aromatic amines is 1. The zero-order valence-corrected chi connectivity index (χ0v) is 12.3. The topological polar surface area (TPSA) is 28.7 Å². The second-order valence-electron chi connectivity index (χ2n) is 7.42. The average Bonchev–Trinajstić information content (AvgIpc) is 2.83. The maximum Gasteiger partial charge on any atom is 0.113 e. The highest BCUT2D eigenvalue weighted by Gasteiger charge is 2.53. The Morgan fingerprint density at radius 2 is 1.70 bits per heavy atom. The lowest BCUT2D eigenvalue weighted by Crippen LogP contribution is -2.49. The Morgan fingerprint density at radius 3 is 2.30 bits per heavy atom. The van der Waals surface area contributed by atoms with Crippen molar-refractivity contribution < 1.29 is 0 Å². The van der Waals surface area contributed by atoms with Crippen LogP contribution in [-0.4, -0.2) is 9.97 Å². The number of benzene rings is 1. The first-order chi connectivity index (χ1) is 9.72.